The van der Waals surface area contributed by atoms with E-state index in [1.165, 1.54) is 0 Å². The molecule has 1 aliphatic rings. The van der Waals surface area contributed by atoms with Gasteiger partial charge in [0.2, 0.25) is 0 Å². The highest BCUT2D eigenvalue weighted by Gasteiger charge is 2.35. The molecule has 2 rings (SSSR count). The summed E-state index contributed by atoms with van der Waals surface area (Å²) < 4.78 is 25.2. The van der Waals surface area contributed by atoms with E-state index >= 15 is 0 Å². The third-order valence-corrected chi connectivity index (χ3v) is 5.12. The number of aromatic nitrogens is 2. The molecule has 1 aliphatic heterocycles. The molecule has 0 aliphatic carbocycles. The number of hydrogen-bond acceptors (Lipinski definition) is 5. The number of unbranched alkanes of at least 4 members (excludes halogenated alkanes) is 1. The van der Waals surface area contributed by atoms with Crippen LogP contribution in [-0.4, -0.2) is 36.6 Å². The van der Waals surface area contributed by atoms with E-state index in [0.29, 0.717) is 17.8 Å². The van der Waals surface area contributed by atoms with Gasteiger partial charge in [0.1, 0.15) is 5.82 Å². The van der Waals surface area contributed by atoms with Crippen LogP contribution in [-0.2, 0) is 36.5 Å². The summed E-state index contributed by atoms with van der Waals surface area (Å²) >= 11 is 0. The van der Waals surface area contributed by atoms with Gasteiger partial charge < -0.3 is 10.6 Å². The van der Waals surface area contributed by atoms with Crippen molar-refractivity contribution in [3.05, 3.63) is 11.3 Å². The highest BCUT2D eigenvalue weighted by atomic mass is 32.2. The molecule has 0 spiro atoms. The van der Waals surface area contributed by atoms with Crippen LogP contribution in [0, 0.1) is 0 Å². The number of sulfone groups is 1. The number of amides is 2. The molecule has 2 amide bonds. The van der Waals surface area contributed by atoms with Crippen molar-refractivity contribution in [3.8, 4) is 0 Å². The molecule has 24 heavy (non-hydrogen) atoms. The van der Waals surface area contributed by atoms with Gasteiger partial charge in [-0.15, -0.1) is 0 Å². The summed E-state index contributed by atoms with van der Waals surface area (Å²) in [6.07, 6.45) is 1.69. The summed E-state index contributed by atoms with van der Waals surface area (Å²) in [6, 6.07) is 0. The van der Waals surface area contributed by atoms with E-state index in [4.69, 9.17) is 0 Å². The van der Waals surface area contributed by atoms with Crippen LogP contribution in [0.15, 0.2) is 0 Å². The number of fused-ring (bicyclic) bond motifs is 1. The smallest absolute Gasteiger partial charge is 0.314 e. The van der Waals surface area contributed by atoms with Gasteiger partial charge >= 0.3 is 11.8 Å². The van der Waals surface area contributed by atoms with Gasteiger partial charge in [0.15, 0.2) is 9.84 Å². The van der Waals surface area contributed by atoms with Gasteiger partial charge in [-0.25, -0.2) is 13.1 Å². The first-order chi connectivity index (χ1) is 11.0. The minimum absolute atomic E-state index is 0.142. The van der Waals surface area contributed by atoms with Gasteiger partial charge in [-0.2, -0.15) is 5.10 Å². The monoisotopic (exact) mass is 356 g/mol. The van der Waals surface area contributed by atoms with E-state index in [-0.39, 0.29) is 17.3 Å². The molecule has 0 saturated heterocycles. The van der Waals surface area contributed by atoms with Crippen molar-refractivity contribution >= 4 is 27.5 Å². The van der Waals surface area contributed by atoms with E-state index in [9.17, 15) is 18.0 Å². The van der Waals surface area contributed by atoms with Crippen molar-refractivity contribution in [1.82, 2.24) is 15.1 Å². The molecule has 9 heteroatoms. The average Bonchev–Trinajstić information content (AvgIpc) is 2.92. The highest BCUT2D eigenvalue weighted by Crippen LogP contribution is 2.34. The molecule has 2 N–H and O–H groups in total. The standard InChI is InChI=1S/C15H24N4O4S/c1-5-6-7-16-13(20)14(21)17-12-10-8-24(22,23)9-11(10)18-19(12)15(2,3)4/h5-9H2,1-4H3,(H,16,20)(H,17,21). The van der Waals surface area contributed by atoms with Crippen LogP contribution >= 0.6 is 0 Å². The molecule has 0 atom stereocenters. The second kappa shape index (κ2) is 6.54. The Kier molecular flexibility index (Phi) is 5.03. The Morgan fingerprint density at radius 1 is 1.21 bits per heavy atom. The molecule has 1 aromatic rings. The minimum atomic E-state index is -3.25. The molecular formula is C15H24N4O4S. The van der Waals surface area contributed by atoms with Crippen molar-refractivity contribution in [1.29, 1.82) is 0 Å². The number of carbonyl (C=O) groups is 2. The van der Waals surface area contributed by atoms with Crippen LogP contribution < -0.4 is 10.6 Å². The van der Waals surface area contributed by atoms with Gasteiger partial charge in [0.05, 0.1) is 22.7 Å². The number of nitrogens with one attached hydrogen (secondary N) is 2. The number of nitrogens with zero attached hydrogens (tertiary/aromatic N) is 2. The molecule has 0 saturated carbocycles. The summed E-state index contributed by atoms with van der Waals surface area (Å²) in [7, 11) is -3.25. The second-order valence-electron chi connectivity index (χ2n) is 6.95. The Labute approximate surface area is 141 Å². The topological polar surface area (TPSA) is 110 Å². The zero-order valence-corrected chi connectivity index (χ0v) is 15.3. The summed E-state index contributed by atoms with van der Waals surface area (Å²) in [4.78, 5) is 24.0. The lowest BCUT2D eigenvalue weighted by molar-refractivity contribution is -0.136. The Balaban J connectivity index is 2.26. The quantitative estimate of drug-likeness (QED) is 0.616. The Hall–Kier alpha value is -1.90. The van der Waals surface area contributed by atoms with E-state index in [2.05, 4.69) is 15.7 Å². The number of carbonyl (C=O) groups excluding carboxylic acids is 2. The predicted molar refractivity (Wildman–Crippen MR) is 90.1 cm³/mol. The maximum atomic E-state index is 12.1. The molecule has 0 unspecified atom stereocenters. The van der Waals surface area contributed by atoms with E-state index < -0.39 is 27.2 Å². The largest absolute Gasteiger partial charge is 0.348 e. The van der Waals surface area contributed by atoms with Crippen LogP contribution in [0.2, 0.25) is 0 Å². The molecule has 8 nitrogen and oxygen atoms in total. The summed E-state index contributed by atoms with van der Waals surface area (Å²) in [5.41, 5.74) is 0.446. The van der Waals surface area contributed by atoms with Gasteiger partial charge in [0, 0.05) is 12.1 Å². The third kappa shape index (κ3) is 3.95. The summed E-state index contributed by atoms with van der Waals surface area (Å²) in [6.45, 7) is 8.08. The van der Waals surface area contributed by atoms with Gasteiger partial charge in [-0.05, 0) is 27.2 Å². The normalized spacial score (nSPS) is 15.8. The molecule has 134 valence electrons. The van der Waals surface area contributed by atoms with E-state index in [1.54, 1.807) is 4.68 Å². The zero-order chi connectivity index (χ0) is 18.1. The molecule has 0 bridgehead atoms. The maximum Gasteiger partial charge on any atom is 0.314 e. The lowest BCUT2D eigenvalue weighted by Gasteiger charge is -2.23. The number of hydrogen-bond donors (Lipinski definition) is 2. The third-order valence-electron chi connectivity index (χ3n) is 3.68. The number of rotatable bonds is 4. The van der Waals surface area contributed by atoms with Crippen molar-refractivity contribution < 1.29 is 18.0 Å². The molecule has 1 aromatic heterocycles. The minimum Gasteiger partial charge on any atom is -0.348 e. The van der Waals surface area contributed by atoms with Crippen LogP contribution in [0.5, 0.6) is 0 Å². The van der Waals surface area contributed by atoms with Crippen LogP contribution in [0.4, 0.5) is 5.82 Å². The van der Waals surface area contributed by atoms with Crippen LogP contribution in [0.1, 0.15) is 51.8 Å². The Morgan fingerprint density at radius 2 is 1.88 bits per heavy atom. The molecule has 2 heterocycles. The van der Waals surface area contributed by atoms with E-state index in [1.807, 2.05) is 27.7 Å². The second-order valence-corrected chi connectivity index (χ2v) is 9.02. The summed E-state index contributed by atoms with van der Waals surface area (Å²) in [5, 5.41) is 9.42. The number of anilines is 1. The maximum absolute atomic E-state index is 12.1. The lowest BCUT2D eigenvalue weighted by Crippen LogP contribution is -2.37. The first-order valence-electron chi connectivity index (χ1n) is 7.96. The molecule has 0 fully saturated rings. The SMILES string of the molecule is CCCCNC(=O)C(=O)Nc1c2c(nn1C(C)(C)C)CS(=O)(=O)C2. The lowest BCUT2D eigenvalue weighted by atomic mass is 10.1. The predicted octanol–water partition coefficient (Wildman–Crippen LogP) is 0.921. The van der Waals surface area contributed by atoms with Crippen molar-refractivity contribution in [2.24, 2.45) is 0 Å². The fourth-order valence-electron chi connectivity index (χ4n) is 2.48. The fourth-order valence-corrected chi connectivity index (χ4v) is 3.97. The fraction of sp³-hybridized carbons (Fsp3) is 0.667. The first-order valence-corrected chi connectivity index (χ1v) is 9.78. The van der Waals surface area contributed by atoms with Crippen molar-refractivity contribution in [2.75, 3.05) is 11.9 Å². The first kappa shape index (κ1) is 18.4. The van der Waals surface area contributed by atoms with Gasteiger partial charge in [-0.1, -0.05) is 13.3 Å². The Bertz CT molecular complexity index is 759. The summed E-state index contributed by atoms with van der Waals surface area (Å²) in [5.74, 6) is -1.58. The Morgan fingerprint density at radius 3 is 2.46 bits per heavy atom. The van der Waals surface area contributed by atoms with E-state index in [0.717, 1.165) is 12.8 Å². The van der Waals surface area contributed by atoms with Crippen molar-refractivity contribution in [3.63, 3.8) is 0 Å². The van der Waals surface area contributed by atoms with Crippen LogP contribution in [0.25, 0.3) is 0 Å². The molecule has 0 radical (unpaired) electrons. The molecule has 0 aromatic carbocycles. The van der Waals surface area contributed by atoms with Gasteiger partial charge in [0.25, 0.3) is 0 Å². The van der Waals surface area contributed by atoms with Gasteiger partial charge in [-0.3, -0.25) is 9.59 Å². The highest BCUT2D eigenvalue weighted by molar-refractivity contribution is 7.90. The van der Waals surface area contributed by atoms with Crippen molar-refractivity contribution in [2.45, 2.75) is 57.6 Å². The zero-order valence-electron chi connectivity index (χ0n) is 14.5. The van der Waals surface area contributed by atoms with Crippen LogP contribution in [0.3, 0.4) is 0 Å². The molecular weight excluding hydrogens is 332 g/mol. The average molecular weight is 356 g/mol.